The number of carbonyl (C=O) groups excluding carboxylic acids is 1. The summed E-state index contributed by atoms with van der Waals surface area (Å²) in [5, 5.41) is 18.0. The molecule has 1 atom stereocenters. The molecule has 0 amide bonds. The normalized spacial score (nSPS) is 11.9. The van der Waals surface area contributed by atoms with Gasteiger partial charge in [0.05, 0.1) is 17.3 Å². The zero-order valence-electron chi connectivity index (χ0n) is 11.8. The van der Waals surface area contributed by atoms with Gasteiger partial charge in [-0.25, -0.2) is 9.97 Å². The van der Waals surface area contributed by atoms with E-state index in [2.05, 4.69) is 9.97 Å². The first-order valence-corrected chi connectivity index (χ1v) is 7.35. The van der Waals surface area contributed by atoms with Crippen LogP contribution in [0.2, 0.25) is 0 Å². The number of Topliss-reactive ketones (excluding diaryl/α,β-unsaturated/α-hetero) is 1. The Hall–Kier alpha value is -2.26. The molecule has 0 saturated heterocycles. The highest BCUT2D eigenvalue weighted by Crippen LogP contribution is 2.25. The van der Waals surface area contributed by atoms with Gasteiger partial charge < -0.3 is 5.41 Å². The lowest BCUT2D eigenvalue weighted by Gasteiger charge is -2.08. The van der Waals surface area contributed by atoms with E-state index in [1.807, 2.05) is 30.3 Å². The van der Waals surface area contributed by atoms with Crippen molar-refractivity contribution in [1.29, 1.82) is 10.7 Å². The van der Waals surface area contributed by atoms with Crippen molar-refractivity contribution >= 4 is 34.2 Å². The molecule has 0 aliphatic carbocycles. The van der Waals surface area contributed by atoms with Crippen LogP contribution in [0, 0.1) is 29.6 Å². The summed E-state index contributed by atoms with van der Waals surface area (Å²) in [5.41, 5.74) is 0.909. The Morgan fingerprint density at radius 1 is 1.43 bits per heavy atom. The lowest BCUT2D eigenvalue weighted by atomic mass is 10.0. The summed E-state index contributed by atoms with van der Waals surface area (Å²) in [7, 11) is 0. The molecule has 0 unspecified atom stereocenters. The molecule has 0 fully saturated rings. The fraction of sp³-hybridized carbons (Fsp3) is 0.267. The van der Waals surface area contributed by atoms with Crippen molar-refractivity contribution in [2.24, 2.45) is 5.92 Å². The molecule has 0 aliphatic heterocycles. The molecule has 6 heteroatoms. The molecule has 5 nitrogen and oxygen atoms in total. The van der Waals surface area contributed by atoms with Gasteiger partial charge in [0, 0.05) is 11.1 Å². The number of nitrogens with zero attached hydrogens (tertiary/aromatic N) is 3. The fourth-order valence-electron chi connectivity index (χ4n) is 1.90. The van der Waals surface area contributed by atoms with Crippen LogP contribution in [0.5, 0.6) is 0 Å². The molecule has 0 spiro atoms. The molecular formula is C15H14N4OS. The van der Waals surface area contributed by atoms with Crippen LogP contribution in [0.4, 0.5) is 0 Å². The van der Waals surface area contributed by atoms with Crippen molar-refractivity contribution in [3.8, 4) is 6.07 Å². The number of benzene rings is 1. The average molecular weight is 298 g/mol. The molecule has 2 rings (SSSR count). The van der Waals surface area contributed by atoms with Crippen LogP contribution in [0.3, 0.4) is 0 Å². The number of ketones is 1. The summed E-state index contributed by atoms with van der Waals surface area (Å²) in [6, 6.07) is 9.47. The van der Waals surface area contributed by atoms with Gasteiger partial charge in [-0.1, -0.05) is 30.0 Å². The van der Waals surface area contributed by atoms with Gasteiger partial charge >= 0.3 is 0 Å². The Bertz CT molecular complexity index is 751. The third-order valence-corrected chi connectivity index (χ3v) is 3.93. The van der Waals surface area contributed by atoms with Crippen LogP contribution in [0.15, 0.2) is 29.3 Å². The molecule has 1 heterocycles. The quantitative estimate of drug-likeness (QED) is 0.520. The SMILES string of the molecule is CC(=N)[C@H](C#N)C(=O)CSc1nc(C)nc2ccccc12. The van der Waals surface area contributed by atoms with Gasteiger partial charge in [-0.15, -0.1) is 0 Å². The van der Waals surface area contributed by atoms with Crippen LogP contribution in [-0.2, 0) is 4.79 Å². The Morgan fingerprint density at radius 2 is 2.14 bits per heavy atom. The number of aromatic nitrogens is 2. The minimum atomic E-state index is -0.966. The third kappa shape index (κ3) is 3.44. The van der Waals surface area contributed by atoms with E-state index in [9.17, 15) is 4.79 Å². The number of hydrogen-bond acceptors (Lipinski definition) is 6. The minimum absolute atomic E-state index is 0.0758. The van der Waals surface area contributed by atoms with E-state index in [0.29, 0.717) is 5.82 Å². The highest BCUT2D eigenvalue weighted by atomic mass is 32.2. The smallest absolute Gasteiger partial charge is 0.165 e. The lowest BCUT2D eigenvalue weighted by molar-refractivity contribution is -0.117. The van der Waals surface area contributed by atoms with Crippen LogP contribution >= 0.6 is 11.8 Å². The number of nitriles is 1. The van der Waals surface area contributed by atoms with E-state index in [0.717, 1.165) is 15.9 Å². The zero-order chi connectivity index (χ0) is 15.4. The number of hydrogen-bond donors (Lipinski definition) is 1. The molecule has 0 radical (unpaired) electrons. The van der Waals surface area contributed by atoms with Crippen molar-refractivity contribution in [3.63, 3.8) is 0 Å². The minimum Gasteiger partial charge on any atom is -0.308 e. The summed E-state index contributed by atoms with van der Waals surface area (Å²) < 4.78 is 0. The predicted octanol–water partition coefficient (Wildman–Crippen LogP) is 2.78. The Balaban J connectivity index is 2.23. The van der Waals surface area contributed by atoms with Crippen molar-refractivity contribution in [2.75, 3.05) is 5.75 Å². The number of rotatable bonds is 5. The second-order valence-electron chi connectivity index (χ2n) is 4.59. The standard InChI is InChI=1S/C15H14N4OS/c1-9(17)12(7-16)14(20)8-21-15-11-5-3-4-6-13(11)18-10(2)19-15/h3-6,12,17H,8H2,1-2H3/t12-/m0/s1. The number of nitrogens with one attached hydrogen (secondary N) is 1. The maximum absolute atomic E-state index is 12.0. The van der Waals surface area contributed by atoms with E-state index in [4.69, 9.17) is 10.7 Å². The van der Waals surface area contributed by atoms with Crippen molar-refractivity contribution < 1.29 is 4.79 Å². The first-order valence-electron chi connectivity index (χ1n) is 6.36. The third-order valence-electron chi connectivity index (χ3n) is 2.92. The van der Waals surface area contributed by atoms with Crippen LogP contribution in [0.25, 0.3) is 10.9 Å². The first kappa shape index (κ1) is 15.1. The van der Waals surface area contributed by atoms with Gasteiger partial charge in [-0.3, -0.25) is 4.79 Å². The number of aryl methyl sites for hydroxylation is 1. The lowest BCUT2D eigenvalue weighted by Crippen LogP contribution is -2.21. The molecule has 106 valence electrons. The van der Waals surface area contributed by atoms with Crippen LogP contribution in [0.1, 0.15) is 12.7 Å². The van der Waals surface area contributed by atoms with Gasteiger partial charge in [-0.2, -0.15) is 5.26 Å². The predicted molar refractivity (Wildman–Crippen MR) is 82.5 cm³/mol. The molecule has 1 aromatic carbocycles. The van der Waals surface area contributed by atoms with Gasteiger partial charge in [0.1, 0.15) is 16.8 Å². The molecule has 1 aromatic heterocycles. The highest BCUT2D eigenvalue weighted by molar-refractivity contribution is 8.00. The maximum atomic E-state index is 12.0. The average Bonchev–Trinajstić information content (AvgIpc) is 2.44. The van der Waals surface area contributed by atoms with E-state index in [1.165, 1.54) is 18.7 Å². The van der Waals surface area contributed by atoms with Gasteiger partial charge in [0.25, 0.3) is 0 Å². The van der Waals surface area contributed by atoms with E-state index < -0.39 is 5.92 Å². The summed E-state index contributed by atoms with van der Waals surface area (Å²) in [6.45, 7) is 3.28. The monoisotopic (exact) mass is 298 g/mol. The van der Waals surface area contributed by atoms with Crippen molar-refractivity contribution in [1.82, 2.24) is 9.97 Å². The highest BCUT2D eigenvalue weighted by Gasteiger charge is 2.20. The Morgan fingerprint density at radius 3 is 2.81 bits per heavy atom. The van der Waals surface area contributed by atoms with E-state index in [-0.39, 0.29) is 17.2 Å². The van der Waals surface area contributed by atoms with Gasteiger partial charge in [-0.05, 0) is 19.9 Å². The maximum Gasteiger partial charge on any atom is 0.165 e. The number of carbonyl (C=O) groups is 1. The van der Waals surface area contributed by atoms with Crippen LogP contribution in [-0.4, -0.2) is 27.2 Å². The zero-order valence-corrected chi connectivity index (χ0v) is 12.6. The van der Waals surface area contributed by atoms with E-state index >= 15 is 0 Å². The van der Waals surface area contributed by atoms with Crippen molar-refractivity contribution in [3.05, 3.63) is 30.1 Å². The molecule has 0 aliphatic rings. The number of thioether (sulfide) groups is 1. The Kier molecular flexibility index (Phi) is 4.66. The van der Waals surface area contributed by atoms with E-state index in [1.54, 1.807) is 6.92 Å². The molecule has 0 bridgehead atoms. The van der Waals surface area contributed by atoms with Crippen LogP contribution < -0.4 is 0 Å². The summed E-state index contributed by atoms with van der Waals surface area (Å²) in [6.07, 6.45) is 0. The number of para-hydroxylation sites is 1. The van der Waals surface area contributed by atoms with Gasteiger partial charge in [0.15, 0.2) is 5.78 Å². The van der Waals surface area contributed by atoms with Gasteiger partial charge in [0.2, 0.25) is 0 Å². The topological polar surface area (TPSA) is 90.5 Å². The molecule has 1 N–H and O–H groups in total. The summed E-state index contributed by atoms with van der Waals surface area (Å²) in [5.74, 6) is -0.472. The first-order chi connectivity index (χ1) is 10.0. The molecule has 0 saturated carbocycles. The molecular weight excluding hydrogens is 284 g/mol. The summed E-state index contributed by atoms with van der Waals surface area (Å²) in [4.78, 5) is 20.7. The second-order valence-corrected chi connectivity index (χ2v) is 5.56. The fourth-order valence-corrected chi connectivity index (χ4v) is 2.87. The Labute approximate surface area is 126 Å². The molecule has 21 heavy (non-hydrogen) atoms. The van der Waals surface area contributed by atoms with Crippen molar-refractivity contribution in [2.45, 2.75) is 18.9 Å². The largest absolute Gasteiger partial charge is 0.308 e. The number of fused-ring (bicyclic) bond motifs is 1. The second kappa shape index (κ2) is 6.46. The molecule has 2 aromatic rings. The summed E-state index contributed by atoms with van der Waals surface area (Å²) >= 11 is 1.28.